The fourth-order valence-electron chi connectivity index (χ4n) is 2.42. The number of hydrogen-bond donors (Lipinski definition) is 2. The smallest absolute Gasteiger partial charge is 0.328 e. The van der Waals surface area contributed by atoms with Crippen LogP contribution in [0.1, 0.15) is 20.1 Å². The molecule has 1 aliphatic rings. The predicted molar refractivity (Wildman–Crippen MR) is 73.0 cm³/mol. The Labute approximate surface area is 124 Å². The van der Waals surface area contributed by atoms with Gasteiger partial charge in [0.1, 0.15) is 11.2 Å². The molecule has 0 aliphatic carbocycles. The summed E-state index contributed by atoms with van der Waals surface area (Å²) in [6.45, 7) is 2.04. The summed E-state index contributed by atoms with van der Waals surface area (Å²) in [7, 11) is 0. The number of ether oxygens (including phenoxy) is 1. The van der Waals surface area contributed by atoms with Crippen molar-refractivity contribution in [2.45, 2.75) is 25.9 Å². The van der Waals surface area contributed by atoms with E-state index in [0.29, 0.717) is 0 Å². The van der Waals surface area contributed by atoms with Crippen molar-refractivity contribution < 1.29 is 18.6 Å². The van der Waals surface area contributed by atoms with Gasteiger partial charge in [0.25, 0.3) is 0 Å². The van der Waals surface area contributed by atoms with Crippen LogP contribution in [0.3, 0.4) is 0 Å². The van der Waals surface area contributed by atoms with Gasteiger partial charge in [0.2, 0.25) is 5.85 Å². The molecule has 2 N–H and O–H groups in total. The summed E-state index contributed by atoms with van der Waals surface area (Å²) < 4.78 is 33.8. The third kappa shape index (κ3) is 2.21. The van der Waals surface area contributed by atoms with Crippen LogP contribution < -0.4 is 5.69 Å². The van der Waals surface area contributed by atoms with Gasteiger partial charge < -0.3 is 9.84 Å². The first-order valence-electron chi connectivity index (χ1n) is 6.16. The van der Waals surface area contributed by atoms with Crippen molar-refractivity contribution in [2.24, 2.45) is 11.3 Å². The first kappa shape index (κ1) is 15.8. The minimum atomic E-state index is -2.42. The van der Waals surface area contributed by atoms with Gasteiger partial charge in [-0.05, 0) is 6.92 Å². The summed E-state index contributed by atoms with van der Waals surface area (Å²) >= 11 is 4.61. The number of aromatic nitrogens is 2. The van der Waals surface area contributed by atoms with Crippen LogP contribution in [0.2, 0.25) is 0 Å². The lowest BCUT2D eigenvalue weighted by atomic mass is 9.76. The third-order valence-electron chi connectivity index (χ3n) is 4.07. The number of halogens is 2. The van der Waals surface area contributed by atoms with Crippen LogP contribution >= 0.6 is 12.2 Å². The molecule has 8 heteroatoms. The summed E-state index contributed by atoms with van der Waals surface area (Å²) in [4.78, 5) is 14.0. The number of H-pyrrole nitrogens is 1. The molecule has 1 aromatic heterocycles. The van der Waals surface area contributed by atoms with E-state index >= 15 is 0 Å². The highest BCUT2D eigenvalue weighted by atomic mass is 32.1. The molecule has 1 unspecified atom stereocenters. The SMILES string of the molecule is C#CC1(C)[C@@H](C)[C@@](F)(CO)O[C@H]1n1cc(F)c(=S)[nH]c1=O. The Balaban J connectivity index is 2.64. The molecule has 1 fully saturated rings. The number of rotatable bonds is 2. The molecule has 1 aliphatic heterocycles. The maximum Gasteiger partial charge on any atom is 0.328 e. The van der Waals surface area contributed by atoms with E-state index < -0.39 is 41.5 Å². The van der Waals surface area contributed by atoms with Gasteiger partial charge in [-0.2, -0.15) is 0 Å². The van der Waals surface area contributed by atoms with Crippen LogP contribution in [0, 0.1) is 34.1 Å². The maximum absolute atomic E-state index is 14.6. The Morgan fingerprint density at radius 3 is 2.86 bits per heavy atom. The van der Waals surface area contributed by atoms with E-state index in [1.165, 1.54) is 13.8 Å². The topological polar surface area (TPSA) is 67.2 Å². The molecule has 0 radical (unpaired) electrons. The molecule has 0 spiro atoms. The fraction of sp³-hybridized carbons (Fsp3) is 0.538. The Kier molecular flexibility index (Phi) is 3.78. The van der Waals surface area contributed by atoms with Gasteiger partial charge in [0.05, 0.1) is 11.6 Å². The highest BCUT2D eigenvalue weighted by Crippen LogP contribution is 2.54. The second-order valence-electron chi connectivity index (χ2n) is 5.21. The molecule has 0 aromatic carbocycles. The molecule has 1 aromatic rings. The quantitative estimate of drug-likeness (QED) is 0.641. The number of aliphatic hydroxyl groups is 1. The molecular weight excluding hydrogens is 302 g/mol. The molecule has 5 nitrogen and oxygen atoms in total. The van der Waals surface area contributed by atoms with E-state index in [2.05, 4.69) is 23.1 Å². The fourth-order valence-corrected chi connectivity index (χ4v) is 2.56. The zero-order valence-electron chi connectivity index (χ0n) is 11.4. The first-order chi connectivity index (χ1) is 9.69. The minimum absolute atomic E-state index is 0.363. The van der Waals surface area contributed by atoms with E-state index in [1.807, 2.05) is 0 Å². The largest absolute Gasteiger partial charge is 0.390 e. The van der Waals surface area contributed by atoms with Crippen LogP contribution in [0.25, 0.3) is 0 Å². The van der Waals surface area contributed by atoms with Crippen LogP contribution in [0.4, 0.5) is 8.78 Å². The number of nitrogens with zero attached hydrogens (tertiary/aromatic N) is 1. The maximum atomic E-state index is 14.6. The summed E-state index contributed by atoms with van der Waals surface area (Å²) in [5.41, 5.74) is -2.04. The zero-order valence-corrected chi connectivity index (χ0v) is 12.2. The number of nitrogens with one attached hydrogen (secondary N) is 1. The van der Waals surface area contributed by atoms with Crippen molar-refractivity contribution in [1.29, 1.82) is 0 Å². The lowest BCUT2D eigenvalue weighted by Crippen LogP contribution is -2.37. The molecule has 114 valence electrons. The minimum Gasteiger partial charge on any atom is -0.390 e. The molecule has 0 saturated carbocycles. The Morgan fingerprint density at radius 1 is 1.71 bits per heavy atom. The van der Waals surface area contributed by atoms with Crippen LogP contribution in [0.15, 0.2) is 11.0 Å². The molecule has 0 amide bonds. The second kappa shape index (κ2) is 5.02. The van der Waals surface area contributed by atoms with Crippen molar-refractivity contribution in [3.63, 3.8) is 0 Å². The van der Waals surface area contributed by atoms with Gasteiger partial charge in [-0.3, -0.25) is 9.55 Å². The molecule has 1 saturated heterocycles. The Morgan fingerprint density at radius 2 is 2.33 bits per heavy atom. The Bertz CT molecular complexity index is 725. The zero-order chi connectivity index (χ0) is 16.0. The summed E-state index contributed by atoms with van der Waals surface area (Å²) in [6.07, 6.45) is 5.00. The van der Waals surface area contributed by atoms with Gasteiger partial charge in [-0.1, -0.05) is 25.1 Å². The van der Waals surface area contributed by atoms with Crippen molar-refractivity contribution in [3.05, 3.63) is 27.1 Å². The van der Waals surface area contributed by atoms with E-state index in [0.717, 1.165) is 10.8 Å². The van der Waals surface area contributed by atoms with Crippen LogP contribution in [-0.4, -0.2) is 27.1 Å². The first-order valence-corrected chi connectivity index (χ1v) is 6.56. The number of alkyl halides is 1. The number of aromatic amines is 1. The highest BCUT2D eigenvalue weighted by Gasteiger charge is 2.60. The van der Waals surface area contributed by atoms with Crippen molar-refractivity contribution in [3.8, 4) is 12.3 Å². The molecular formula is C13H14F2N2O3S. The van der Waals surface area contributed by atoms with Gasteiger partial charge in [-0.15, -0.1) is 6.42 Å². The number of hydrogen-bond acceptors (Lipinski definition) is 4. The molecule has 0 bridgehead atoms. The predicted octanol–water partition coefficient (Wildman–Crippen LogP) is 1.51. The average Bonchev–Trinajstić information content (AvgIpc) is 2.66. The highest BCUT2D eigenvalue weighted by molar-refractivity contribution is 7.71. The molecule has 2 rings (SSSR count). The van der Waals surface area contributed by atoms with E-state index in [-0.39, 0.29) is 4.64 Å². The third-order valence-corrected chi connectivity index (χ3v) is 4.37. The standard InChI is InChI=1S/C13H14F2N2O3S/c1-4-12(3)7(2)13(15,6-18)20-10(12)17-5-8(14)9(21)16-11(17)19/h1,5,7,10,18H,6H2,2-3H3,(H,16,19,21)/t7-,10-,12?,13-/m1/s1. The monoisotopic (exact) mass is 316 g/mol. The van der Waals surface area contributed by atoms with Crippen molar-refractivity contribution in [2.75, 3.05) is 6.61 Å². The Hall–Kier alpha value is -1.56. The average molecular weight is 316 g/mol. The lowest BCUT2D eigenvalue weighted by molar-refractivity contribution is -0.192. The van der Waals surface area contributed by atoms with Crippen LogP contribution in [-0.2, 0) is 4.74 Å². The molecule has 2 heterocycles. The van der Waals surface area contributed by atoms with Crippen molar-refractivity contribution >= 4 is 12.2 Å². The summed E-state index contributed by atoms with van der Waals surface area (Å²) in [6, 6.07) is 0. The van der Waals surface area contributed by atoms with Crippen LogP contribution in [0.5, 0.6) is 0 Å². The second-order valence-corrected chi connectivity index (χ2v) is 5.62. The van der Waals surface area contributed by atoms with Gasteiger partial charge >= 0.3 is 5.69 Å². The van der Waals surface area contributed by atoms with E-state index in [4.69, 9.17) is 11.2 Å². The number of terminal acetylenes is 1. The summed E-state index contributed by atoms with van der Waals surface area (Å²) in [5, 5.41) is 9.20. The summed E-state index contributed by atoms with van der Waals surface area (Å²) in [5.74, 6) is -1.81. The van der Waals surface area contributed by atoms with Gasteiger partial charge in [0.15, 0.2) is 12.0 Å². The molecule has 4 atom stereocenters. The normalized spacial score (nSPS) is 35.6. The lowest BCUT2D eigenvalue weighted by Gasteiger charge is -2.28. The van der Waals surface area contributed by atoms with Gasteiger partial charge in [-0.25, -0.2) is 13.6 Å². The number of aliphatic hydroxyl groups excluding tert-OH is 1. The van der Waals surface area contributed by atoms with Crippen molar-refractivity contribution in [1.82, 2.24) is 9.55 Å². The van der Waals surface area contributed by atoms with E-state index in [9.17, 15) is 18.7 Å². The van der Waals surface area contributed by atoms with E-state index in [1.54, 1.807) is 0 Å². The molecule has 21 heavy (non-hydrogen) atoms. The van der Waals surface area contributed by atoms with Gasteiger partial charge in [0, 0.05) is 5.92 Å².